The van der Waals surface area contributed by atoms with Crippen molar-refractivity contribution in [1.29, 1.82) is 0 Å². The number of rotatable bonds is 6. The fourth-order valence-electron chi connectivity index (χ4n) is 5.11. The second-order valence-electron chi connectivity index (χ2n) is 9.27. The molecule has 2 aliphatic rings. The normalized spacial score (nSPS) is 17.4. The van der Waals surface area contributed by atoms with Crippen LogP contribution in [0.15, 0.2) is 41.5 Å². The number of anilines is 2. The van der Waals surface area contributed by atoms with Crippen LogP contribution in [0.25, 0.3) is 16.6 Å². The van der Waals surface area contributed by atoms with Crippen LogP contribution in [0.5, 0.6) is 0 Å². The van der Waals surface area contributed by atoms with Gasteiger partial charge in [0.1, 0.15) is 5.69 Å². The highest BCUT2D eigenvalue weighted by Gasteiger charge is 2.32. The summed E-state index contributed by atoms with van der Waals surface area (Å²) < 4.78 is 0. The molecule has 2 fully saturated rings. The molecule has 2 amide bonds. The first kappa shape index (κ1) is 25.0. The van der Waals surface area contributed by atoms with Gasteiger partial charge in [-0.1, -0.05) is 17.7 Å². The number of H-pyrrole nitrogens is 1. The highest BCUT2D eigenvalue weighted by molar-refractivity contribution is 6.35. The number of nitrogens with zero attached hydrogens (tertiary/aromatic N) is 5. The number of aliphatic imine (C=N–C) groups is 1. The van der Waals surface area contributed by atoms with Crippen LogP contribution in [0, 0.1) is 0 Å². The summed E-state index contributed by atoms with van der Waals surface area (Å²) in [7, 11) is 0. The van der Waals surface area contributed by atoms with Gasteiger partial charge in [0.2, 0.25) is 11.9 Å². The molecule has 192 valence electrons. The van der Waals surface area contributed by atoms with Crippen molar-refractivity contribution in [2.45, 2.75) is 45.6 Å². The third kappa shape index (κ3) is 5.22. The summed E-state index contributed by atoms with van der Waals surface area (Å²) in [6.07, 6.45) is 8.49. The van der Waals surface area contributed by atoms with Crippen LogP contribution < -0.4 is 5.32 Å². The molecule has 4 heterocycles. The first-order chi connectivity index (χ1) is 18.0. The molecule has 0 spiro atoms. The zero-order valence-corrected chi connectivity index (χ0v) is 21.8. The van der Waals surface area contributed by atoms with Crippen molar-refractivity contribution >= 4 is 57.9 Å². The number of halogens is 1. The maximum absolute atomic E-state index is 13.3. The van der Waals surface area contributed by atoms with Crippen LogP contribution in [0.3, 0.4) is 0 Å². The second kappa shape index (κ2) is 10.7. The van der Waals surface area contributed by atoms with Gasteiger partial charge in [-0.15, -0.1) is 0 Å². The predicted octanol–water partition coefficient (Wildman–Crippen LogP) is 5.03. The van der Waals surface area contributed by atoms with Crippen molar-refractivity contribution in [3.63, 3.8) is 0 Å². The molecular formula is C27H30ClN7O2. The van der Waals surface area contributed by atoms with Crippen molar-refractivity contribution in [2.24, 2.45) is 4.99 Å². The van der Waals surface area contributed by atoms with E-state index in [1.165, 1.54) is 0 Å². The minimum Gasteiger partial charge on any atom is -0.349 e. The van der Waals surface area contributed by atoms with E-state index in [1.54, 1.807) is 24.5 Å². The van der Waals surface area contributed by atoms with E-state index in [0.29, 0.717) is 53.1 Å². The molecule has 3 aromatic rings. The maximum Gasteiger partial charge on any atom is 0.270 e. The fraction of sp³-hybridized carbons (Fsp3) is 0.370. The van der Waals surface area contributed by atoms with Crippen molar-refractivity contribution in [3.8, 4) is 0 Å². The van der Waals surface area contributed by atoms with Gasteiger partial charge in [-0.3, -0.25) is 14.6 Å². The SMILES string of the molecule is CC=N/C(=C\C)c1ccnc(Nc2cc(Cl)c3[nH]c(C(=O)N4CCC(N5CCCC5=O)CC4)cc3c2)n1. The fourth-order valence-corrected chi connectivity index (χ4v) is 5.39. The smallest absolute Gasteiger partial charge is 0.270 e. The maximum atomic E-state index is 13.3. The molecule has 0 atom stereocenters. The largest absolute Gasteiger partial charge is 0.349 e. The summed E-state index contributed by atoms with van der Waals surface area (Å²) >= 11 is 6.58. The lowest BCUT2D eigenvalue weighted by atomic mass is 10.0. The third-order valence-corrected chi connectivity index (χ3v) is 7.23. The number of benzene rings is 1. The highest BCUT2D eigenvalue weighted by Crippen LogP contribution is 2.30. The zero-order chi connectivity index (χ0) is 25.9. The second-order valence-corrected chi connectivity index (χ2v) is 9.68. The number of likely N-dealkylation sites (tertiary alicyclic amines) is 2. The van der Waals surface area contributed by atoms with Gasteiger partial charge in [-0.2, -0.15) is 0 Å². The van der Waals surface area contributed by atoms with E-state index in [9.17, 15) is 9.59 Å². The van der Waals surface area contributed by atoms with Crippen LogP contribution in [0.2, 0.25) is 5.02 Å². The quantitative estimate of drug-likeness (QED) is 0.444. The molecule has 2 aliphatic heterocycles. The average Bonchev–Trinajstić information content (AvgIpc) is 3.54. The highest BCUT2D eigenvalue weighted by atomic mass is 35.5. The average molecular weight is 520 g/mol. The molecule has 0 bridgehead atoms. The van der Waals surface area contributed by atoms with E-state index in [0.717, 1.165) is 36.9 Å². The number of hydrogen-bond donors (Lipinski definition) is 2. The molecule has 0 unspecified atom stereocenters. The first-order valence-corrected chi connectivity index (χ1v) is 13.0. The summed E-state index contributed by atoms with van der Waals surface area (Å²) in [5, 5.41) is 4.52. The Balaban J connectivity index is 1.30. The number of fused-ring (bicyclic) bond motifs is 1. The minimum atomic E-state index is -0.0561. The number of aromatic nitrogens is 3. The van der Waals surface area contributed by atoms with Gasteiger partial charge in [-0.25, -0.2) is 9.97 Å². The number of carbonyl (C=O) groups is 2. The molecular weight excluding hydrogens is 490 g/mol. The number of aromatic amines is 1. The van der Waals surface area contributed by atoms with E-state index >= 15 is 0 Å². The Morgan fingerprint density at radius 2 is 2.03 bits per heavy atom. The van der Waals surface area contributed by atoms with E-state index in [-0.39, 0.29) is 17.9 Å². The molecule has 0 aliphatic carbocycles. The predicted molar refractivity (Wildman–Crippen MR) is 146 cm³/mol. The number of amides is 2. The Bertz CT molecular complexity index is 1390. The Kier molecular flexibility index (Phi) is 7.23. The Labute approximate surface area is 220 Å². The molecule has 10 heteroatoms. The number of allylic oxidation sites excluding steroid dienone is 1. The van der Waals surface area contributed by atoms with Crippen LogP contribution in [-0.4, -0.2) is 68.5 Å². The first-order valence-electron chi connectivity index (χ1n) is 12.6. The lowest BCUT2D eigenvalue weighted by Crippen LogP contribution is -2.47. The Morgan fingerprint density at radius 1 is 1.22 bits per heavy atom. The lowest BCUT2D eigenvalue weighted by molar-refractivity contribution is -0.130. The van der Waals surface area contributed by atoms with Gasteiger partial charge in [0.05, 0.1) is 21.9 Å². The standard InChI is InChI=1S/C27H30ClN7O2/c1-3-21(29-4-2)22-7-10-30-27(33-22)31-18-14-17-15-23(32-25(17)20(28)16-18)26(37)34-12-8-19(9-13-34)35-11-5-6-24(35)36/h3-4,7,10,14-16,19,32H,5-6,8-9,11-13H2,1-2H3,(H,30,31,33)/b21-3-,29-4?. The monoisotopic (exact) mass is 519 g/mol. The molecule has 37 heavy (non-hydrogen) atoms. The molecule has 2 saturated heterocycles. The van der Waals surface area contributed by atoms with Gasteiger partial charge < -0.3 is 20.1 Å². The van der Waals surface area contributed by atoms with Gasteiger partial charge >= 0.3 is 0 Å². The summed E-state index contributed by atoms with van der Waals surface area (Å²) in [4.78, 5) is 45.6. The van der Waals surface area contributed by atoms with E-state index < -0.39 is 0 Å². The van der Waals surface area contributed by atoms with Crippen molar-refractivity contribution in [1.82, 2.24) is 24.8 Å². The van der Waals surface area contributed by atoms with E-state index in [2.05, 4.69) is 25.3 Å². The molecule has 0 saturated carbocycles. The van der Waals surface area contributed by atoms with Crippen LogP contribution >= 0.6 is 11.6 Å². The van der Waals surface area contributed by atoms with Crippen molar-refractivity contribution in [3.05, 3.63) is 52.9 Å². The molecule has 9 nitrogen and oxygen atoms in total. The summed E-state index contributed by atoms with van der Waals surface area (Å²) in [5.74, 6) is 0.609. The van der Waals surface area contributed by atoms with E-state index in [4.69, 9.17) is 11.6 Å². The minimum absolute atomic E-state index is 0.0561. The summed E-state index contributed by atoms with van der Waals surface area (Å²) in [6, 6.07) is 7.57. The molecule has 2 N–H and O–H groups in total. The van der Waals surface area contributed by atoms with Crippen LogP contribution in [0.4, 0.5) is 11.6 Å². The molecule has 1 aromatic carbocycles. The number of hydrogen-bond acceptors (Lipinski definition) is 6. The molecule has 5 rings (SSSR count). The number of carbonyl (C=O) groups excluding carboxylic acids is 2. The van der Waals surface area contributed by atoms with Crippen molar-refractivity contribution in [2.75, 3.05) is 25.0 Å². The molecule has 0 radical (unpaired) electrons. The Morgan fingerprint density at radius 3 is 2.73 bits per heavy atom. The van der Waals surface area contributed by atoms with Gasteiger partial charge in [0.25, 0.3) is 5.91 Å². The number of nitrogens with one attached hydrogen (secondary N) is 2. The topological polar surface area (TPSA) is 107 Å². The summed E-state index contributed by atoms with van der Waals surface area (Å²) in [6.45, 7) is 5.87. The van der Waals surface area contributed by atoms with Crippen molar-refractivity contribution < 1.29 is 9.59 Å². The third-order valence-electron chi connectivity index (χ3n) is 6.93. The van der Waals surface area contributed by atoms with Gasteiger partial charge in [0, 0.05) is 55.6 Å². The zero-order valence-electron chi connectivity index (χ0n) is 21.0. The summed E-state index contributed by atoms with van der Waals surface area (Å²) in [5.41, 5.74) is 3.38. The van der Waals surface area contributed by atoms with E-state index in [1.807, 2.05) is 41.9 Å². The molecule has 2 aromatic heterocycles. The van der Waals surface area contributed by atoms with Gasteiger partial charge in [0.15, 0.2) is 0 Å². The Hall–Kier alpha value is -3.72. The lowest BCUT2D eigenvalue weighted by Gasteiger charge is -2.36. The number of piperidine rings is 1. The van der Waals surface area contributed by atoms with Crippen LogP contribution in [0.1, 0.15) is 55.7 Å². The van der Waals surface area contributed by atoms with Gasteiger partial charge in [-0.05, 0) is 57.4 Å². The van der Waals surface area contributed by atoms with Crippen LogP contribution in [-0.2, 0) is 4.79 Å².